The summed E-state index contributed by atoms with van der Waals surface area (Å²) < 4.78 is 0. The minimum atomic E-state index is -0.234. The monoisotopic (exact) mass is 293 g/mol. The Labute approximate surface area is 129 Å². The van der Waals surface area contributed by atoms with Gasteiger partial charge in [-0.25, -0.2) is 0 Å². The average Bonchev–Trinajstić information content (AvgIpc) is 2.96. The molecule has 4 heteroatoms. The molecule has 4 nitrogen and oxygen atoms in total. The van der Waals surface area contributed by atoms with E-state index in [1.165, 1.54) is 19.4 Å². The number of hydrogen-bond acceptors (Lipinski definition) is 3. The summed E-state index contributed by atoms with van der Waals surface area (Å²) in [5, 5.41) is 3.55. The van der Waals surface area contributed by atoms with Gasteiger partial charge in [0.1, 0.15) is 0 Å². The van der Waals surface area contributed by atoms with E-state index in [2.05, 4.69) is 29.1 Å². The normalized spacial score (nSPS) is 37.5. The number of carbonyl (C=O) groups is 1. The van der Waals surface area contributed by atoms with Crippen LogP contribution >= 0.6 is 0 Å². The highest BCUT2D eigenvalue weighted by molar-refractivity contribution is 5.87. The molecule has 3 rings (SSSR count). The number of carbonyl (C=O) groups excluding carboxylic acids is 1. The van der Waals surface area contributed by atoms with Gasteiger partial charge >= 0.3 is 0 Å². The summed E-state index contributed by atoms with van der Waals surface area (Å²) in [7, 11) is 2.26. The highest BCUT2D eigenvalue weighted by atomic mass is 16.2. The van der Waals surface area contributed by atoms with Gasteiger partial charge in [-0.15, -0.1) is 0 Å². The maximum absolute atomic E-state index is 13.1. The molecule has 3 fully saturated rings. The molecule has 1 amide bonds. The van der Waals surface area contributed by atoms with E-state index in [1.807, 2.05) is 0 Å². The highest BCUT2D eigenvalue weighted by Crippen LogP contribution is 2.33. The maximum atomic E-state index is 13.1. The van der Waals surface area contributed by atoms with Crippen molar-refractivity contribution in [3.05, 3.63) is 0 Å². The third kappa shape index (κ3) is 2.85. The second kappa shape index (κ2) is 6.25. The number of rotatable bonds is 3. The predicted octanol–water partition coefficient (Wildman–Crippen LogP) is 1.85. The molecule has 0 saturated carbocycles. The van der Waals surface area contributed by atoms with Crippen LogP contribution in [0.5, 0.6) is 0 Å². The first kappa shape index (κ1) is 15.3. The SMILES string of the molecule is CCCC1(C(=O)N2CCC3C(CCCN3C)C2)CCCN1. The van der Waals surface area contributed by atoms with Gasteiger partial charge in [0.15, 0.2) is 0 Å². The third-order valence-electron chi connectivity index (χ3n) is 5.96. The fourth-order valence-electron chi connectivity index (χ4n) is 4.88. The van der Waals surface area contributed by atoms with Crippen LogP contribution in [0, 0.1) is 5.92 Å². The molecular formula is C17H31N3O. The Morgan fingerprint density at radius 3 is 2.86 bits per heavy atom. The van der Waals surface area contributed by atoms with Crippen molar-refractivity contribution in [3.8, 4) is 0 Å². The van der Waals surface area contributed by atoms with Gasteiger partial charge in [0, 0.05) is 19.1 Å². The number of amides is 1. The zero-order valence-corrected chi connectivity index (χ0v) is 13.7. The fraction of sp³-hybridized carbons (Fsp3) is 0.941. The van der Waals surface area contributed by atoms with Gasteiger partial charge in [0.2, 0.25) is 5.91 Å². The summed E-state index contributed by atoms with van der Waals surface area (Å²) in [5.74, 6) is 1.09. The molecule has 3 aliphatic rings. The Morgan fingerprint density at radius 1 is 1.29 bits per heavy atom. The van der Waals surface area contributed by atoms with Gasteiger partial charge < -0.3 is 15.1 Å². The molecule has 3 heterocycles. The fourth-order valence-corrected chi connectivity index (χ4v) is 4.88. The first-order valence-electron chi connectivity index (χ1n) is 8.91. The molecule has 1 N–H and O–H groups in total. The van der Waals surface area contributed by atoms with Crippen molar-refractivity contribution in [1.29, 1.82) is 0 Å². The van der Waals surface area contributed by atoms with Crippen molar-refractivity contribution >= 4 is 5.91 Å². The molecule has 0 aromatic rings. The first-order valence-corrected chi connectivity index (χ1v) is 8.91. The quantitative estimate of drug-likeness (QED) is 0.862. The predicted molar refractivity (Wildman–Crippen MR) is 85.2 cm³/mol. The lowest BCUT2D eigenvalue weighted by atomic mass is 9.82. The Bertz CT molecular complexity index is 378. The van der Waals surface area contributed by atoms with Gasteiger partial charge in [0.25, 0.3) is 0 Å². The van der Waals surface area contributed by atoms with Gasteiger partial charge in [-0.2, -0.15) is 0 Å². The second-order valence-corrected chi connectivity index (χ2v) is 7.35. The summed E-state index contributed by atoms with van der Waals surface area (Å²) in [6.07, 6.45) is 8.01. The first-order chi connectivity index (χ1) is 10.2. The second-order valence-electron chi connectivity index (χ2n) is 7.35. The molecule has 0 bridgehead atoms. The van der Waals surface area contributed by atoms with Crippen LogP contribution in [0.1, 0.15) is 51.9 Å². The molecular weight excluding hydrogens is 262 g/mol. The molecule has 0 spiro atoms. The molecule has 0 aromatic carbocycles. The number of likely N-dealkylation sites (tertiary alicyclic amines) is 2. The standard InChI is InChI=1S/C17H31N3O/c1-3-8-17(9-5-10-18-17)16(21)20-12-7-15-14(13-20)6-4-11-19(15)2/h14-15,18H,3-13H2,1-2H3. The van der Waals surface area contributed by atoms with Crippen LogP contribution in [0.15, 0.2) is 0 Å². The van der Waals surface area contributed by atoms with Gasteiger partial charge in [0.05, 0.1) is 5.54 Å². The molecule has 21 heavy (non-hydrogen) atoms. The Hall–Kier alpha value is -0.610. The van der Waals surface area contributed by atoms with Crippen LogP contribution in [-0.4, -0.2) is 60.5 Å². The highest BCUT2D eigenvalue weighted by Gasteiger charge is 2.45. The number of fused-ring (bicyclic) bond motifs is 1. The molecule has 0 radical (unpaired) electrons. The zero-order valence-electron chi connectivity index (χ0n) is 13.7. The van der Waals surface area contributed by atoms with E-state index in [9.17, 15) is 4.79 Å². The zero-order chi connectivity index (χ0) is 14.9. The molecule has 0 aromatic heterocycles. The molecule has 0 aliphatic carbocycles. The lowest BCUT2D eigenvalue weighted by Gasteiger charge is -2.47. The van der Waals surface area contributed by atoms with Crippen LogP contribution < -0.4 is 5.32 Å². The van der Waals surface area contributed by atoms with E-state index >= 15 is 0 Å². The van der Waals surface area contributed by atoms with Crippen LogP contribution in [0.3, 0.4) is 0 Å². The largest absolute Gasteiger partial charge is 0.341 e. The van der Waals surface area contributed by atoms with Crippen LogP contribution in [0.25, 0.3) is 0 Å². The topological polar surface area (TPSA) is 35.6 Å². The summed E-state index contributed by atoms with van der Waals surface area (Å²) in [4.78, 5) is 17.8. The van der Waals surface area contributed by atoms with Crippen molar-refractivity contribution in [2.45, 2.75) is 63.5 Å². The van der Waals surface area contributed by atoms with Crippen molar-refractivity contribution in [2.24, 2.45) is 5.92 Å². The molecule has 3 aliphatic heterocycles. The van der Waals surface area contributed by atoms with Crippen LogP contribution in [-0.2, 0) is 4.79 Å². The Kier molecular flexibility index (Phi) is 4.55. The Morgan fingerprint density at radius 2 is 2.14 bits per heavy atom. The number of nitrogens with one attached hydrogen (secondary N) is 1. The number of piperidine rings is 2. The van der Waals surface area contributed by atoms with E-state index < -0.39 is 0 Å². The average molecular weight is 293 g/mol. The van der Waals surface area contributed by atoms with Gasteiger partial charge in [-0.3, -0.25) is 4.79 Å². The van der Waals surface area contributed by atoms with Crippen LogP contribution in [0.4, 0.5) is 0 Å². The minimum absolute atomic E-state index is 0.234. The van der Waals surface area contributed by atoms with E-state index in [4.69, 9.17) is 0 Å². The molecule has 3 atom stereocenters. The number of nitrogens with zero attached hydrogens (tertiary/aromatic N) is 2. The minimum Gasteiger partial charge on any atom is -0.341 e. The lowest BCUT2D eigenvalue weighted by Crippen LogP contribution is -2.60. The third-order valence-corrected chi connectivity index (χ3v) is 5.96. The van der Waals surface area contributed by atoms with Crippen molar-refractivity contribution < 1.29 is 4.79 Å². The maximum Gasteiger partial charge on any atom is 0.242 e. The molecule has 3 saturated heterocycles. The molecule has 3 unspecified atom stereocenters. The van der Waals surface area contributed by atoms with Crippen molar-refractivity contribution in [3.63, 3.8) is 0 Å². The van der Waals surface area contributed by atoms with Crippen molar-refractivity contribution in [2.75, 3.05) is 33.2 Å². The van der Waals surface area contributed by atoms with E-state index in [-0.39, 0.29) is 5.54 Å². The van der Waals surface area contributed by atoms with E-state index in [1.54, 1.807) is 0 Å². The summed E-state index contributed by atoms with van der Waals surface area (Å²) >= 11 is 0. The summed E-state index contributed by atoms with van der Waals surface area (Å²) in [6.45, 7) is 6.38. The van der Waals surface area contributed by atoms with Gasteiger partial charge in [-0.05, 0) is 64.6 Å². The lowest BCUT2D eigenvalue weighted by molar-refractivity contribution is -0.141. The van der Waals surface area contributed by atoms with E-state index in [0.29, 0.717) is 17.9 Å². The molecule has 120 valence electrons. The van der Waals surface area contributed by atoms with Crippen molar-refractivity contribution in [1.82, 2.24) is 15.1 Å². The van der Waals surface area contributed by atoms with Crippen LogP contribution in [0.2, 0.25) is 0 Å². The summed E-state index contributed by atoms with van der Waals surface area (Å²) in [6, 6.07) is 0.710. The van der Waals surface area contributed by atoms with Gasteiger partial charge in [-0.1, -0.05) is 13.3 Å². The van der Waals surface area contributed by atoms with E-state index in [0.717, 1.165) is 51.7 Å². The Balaban J connectivity index is 1.68. The smallest absolute Gasteiger partial charge is 0.242 e. The number of hydrogen-bond donors (Lipinski definition) is 1. The summed E-state index contributed by atoms with van der Waals surface area (Å²) in [5.41, 5.74) is -0.234.